The van der Waals surface area contributed by atoms with E-state index in [1.54, 1.807) is 10.9 Å². The summed E-state index contributed by atoms with van der Waals surface area (Å²) in [4.78, 5) is 12.6. The van der Waals surface area contributed by atoms with Crippen LogP contribution in [0.15, 0.2) is 36.7 Å². The second-order valence-corrected chi connectivity index (χ2v) is 9.67. The first-order valence-corrected chi connectivity index (χ1v) is 11.4. The third-order valence-corrected chi connectivity index (χ3v) is 7.94. The second kappa shape index (κ2) is 8.41. The molecule has 1 saturated heterocycles. The van der Waals surface area contributed by atoms with Crippen LogP contribution in [0.4, 0.5) is 0 Å². The predicted molar refractivity (Wildman–Crippen MR) is 105 cm³/mol. The highest BCUT2D eigenvalue weighted by Crippen LogP contribution is 2.58. The molecule has 6 nitrogen and oxygen atoms in total. The number of carbonyl (C=O) groups is 1. The van der Waals surface area contributed by atoms with E-state index < -0.39 is 25.1 Å². The molecule has 0 aliphatic carbocycles. The monoisotopic (exact) mass is 390 g/mol. The van der Waals surface area contributed by atoms with Crippen molar-refractivity contribution in [1.82, 2.24) is 9.78 Å². The lowest BCUT2D eigenvalue weighted by Crippen LogP contribution is -2.18. The maximum Gasteiger partial charge on any atom is 0.319 e. The number of ether oxygens (including phenoxy) is 1. The van der Waals surface area contributed by atoms with Crippen molar-refractivity contribution in [3.63, 3.8) is 0 Å². The smallest absolute Gasteiger partial charge is 0.319 e. The minimum Gasteiger partial charge on any atom is -0.457 e. The first kappa shape index (κ1) is 19.8. The van der Waals surface area contributed by atoms with Gasteiger partial charge >= 0.3 is 5.97 Å². The normalized spacial score (nSPS) is 21.8. The van der Waals surface area contributed by atoms with Crippen LogP contribution in [0.5, 0.6) is 0 Å². The van der Waals surface area contributed by atoms with Gasteiger partial charge in [0.25, 0.3) is 0 Å². The summed E-state index contributed by atoms with van der Waals surface area (Å²) >= 11 is 0. The van der Waals surface area contributed by atoms with E-state index in [0.717, 1.165) is 29.5 Å². The van der Waals surface area contributed by atoms with Crippen LogP contribution in [0.1, 0.15) is 44.8 Å². The molecule has 1 aromatic heterocycles. The summed E-state index contributed by atoms with van der Waals surface area (Å²) in [6.45, 7) is 4.19. The van der Waals surface area contributed by atoms with E-state index in [1.807, 2.05) is 51.4 Å². The van der Waals surface area contributed by atoms with Gasteiger partial charge in [0, 0.05) is 37.0 Å². The topological polar surface area (TPSA) is 70.4 Å². The average molecular weight is 390 g/mol. The molecule has 1 fully saturated rings. The minimum absolute atomic E-state index is 0.335. The SMILES string of the molecule is CCCCP(=O)(OCC)C1CC(c2ccccc2-c2cnn(C)c2)OC1=O. The fraction of sp³-hybridized carbons (Fsp3) is 0.500. The minimum atomic E-state index is -3.07. The first-order valence-electron chi connectivity index (χ1n) is 9.50. The Kier molecular flexibility index (Phi) is 6.18. The molecule has 7 heteroatoms. The number of hydrogen-bond donors (Lipinski definition) is 0. The standard InChI is InChI=1S/C20H27N2O4P/c1-4-6-11-27(24,25-5-2)19-12-18(26-20(19)23)17-10-8-7-9-16(17)15-13-21-22(3)14-15/h7-10,13-14,18-19H,4-6,11-12H2,1-3H3. The predicted octanol–water partition coefficient (Wildman–Crippen LogP) is 4.56. The van der Waals surface area contributed by atoms with E-state index in [-0.39, 0.29) is 0 Å². The summed E-state index contributed by atoms with van der Waals surface area (Å²) in [7, 11) is -1.21. The van der Waals surface area contributed by atoms with Gasteiger partial charge in [0.1, 0.15) is 11.8 Å². The van der Waals surface area contributed by atoms with Crippen LogP contribution in [0, 0.1) is 0 Å². The number of hydrogen-bond acceptors (Lipinski definition) is 5. The zero-order valence-electron chi connectivity index (χ0n) is 16.1. The molecule has 2 heterocycles. The summed E-state index contributed by atoms with van der Waals surface area (Å²) in [5.41, 5.74) is 2.17. The van der Waals surface area contributed by atoms with Crippen LogP contribution in [-0.4, -0.2) is 34.2 Å². The van der Waals surface area contributed by atoms with E-state index in [2.05, 4.69) is 5.10 Å². The van der Waals surface area contributed by atoms with Gasteiger partial charge < -0.3 is 9.26 Å². The van der Waals surface area contributed by atoms with Crippen LogP contribution < -0.4 is 0 Å². The van der Waals surface area contributed by atoms with Crippen molar-refractivity contribution >= 4 is 13.3 Å². The van der Waals surface area contributed by atoms with Crippen molar-refractivity contribution in [2.75, 3.05) is 12.8 Å². The third-order valence-electron chi connectivity index (χ3n) is 4.94. The molecule has 1 aromatic carbocycles. The lowest BCUT2D eigenvalue weighted by molar-refractivity contribution is -0.141. The summed E-state index contributed by atoms with van der Waals surface area (Å²) < 4.78 is 26.4. The van der Waals surface area contributed by atoms with Crippen LogP contribution in [0.25, 0.3) is 11.1 Å². The molecule has 1 aliphatic rings. The van der Waals surface area contributed by atoms with Crippen LogP contribution in [0.3, 0.4) is 0 Å². The highest BCUT2D eigenvalue weighted by molar-refractivity contribution is 7.60. The number of nitrogens with zero attached hydrogens (tertiary/aromatic N) is 2. The number of aromatic nitrogens is 2. The molecule has 0 radical (unpaired) electrons. The van der Waals surface area contributed by atoms with Crippen molar-refractivity contribution in [2.45, 2.75) is 44.9 Å². The van der Waals surface area contributed by atoms with Gasteiger partial charge in [-0.2, -0.15) is 5.10 Å². The number of esters is 1. The summed E-state index contributed by atoms with van der Waals surface area (Å²) in [5.74, 6) is -0.408. The first-order chi connectivity index (χ1) is 13.0. The Balaban J connectivity index is 1.89. The van der Waals surface area contributed by atoms with E-state index >= 15 is 0 Å². The largest absolute Gasteiger partial charge is 0.457 e. The van der Waals surface area contributed by atoms with Gasteiger partial charge in [-0.25, -0.2) is 0 Å². The van der Waals surface area contributed by atoms with Crippen molar-refractivity contribution in [2.24, 2.45) is 7.05 Å². The van der Waals surface area contributed by atoms with Gasteiger partial charge in [0.15, 0.2) is 0 Å². The lowest BCUT2D eigenvalue weighted by atomic mass is 9.97. The number of cyclic esters (lactones) is 1. The summed E-state index contributed by atoms with van der Waals surface area (Å²) in [5, 5.41) is 4.23. The molecule has 0 N–H and O–H groups in total. The van der Waals surface area contributed by atoms with Crippen LogP contribution >= 0.6 is 7.37 Å². The van der Waals surface area contributed by atoms with Crippen molar-refractivity contribution in [3.05, 3.63) is 42.2 Å². The fourth-order valence-electron chi connectivity index (χ4n) is 3.59. The van der Waals surface area contributed by atoms with Gasteiger partial charge in [0.05, 0.1) is 12.8 Å². The maximum absolute atomic E-state index is 13.4. The Labute approximate surface area is 160 Å². The Bertz CT molecular complexity index is 848. The number of benzene rings is 1. The molecular formula is C20H27N2O4P. The van der Waals surface area contributed by atoms with E-state index in [4.69, 9.17) is 9.26 Å². The number of unbranched alkanes of at least 4 members (excludes halogenated alkanes) is 1. The van der Waals surface area contributed by atoms with E-state index in [0.29, 0.717) is 19.2 Å². The molecule has 146 valence electrons. The number of carbonyl (C=O) groups excluding carboxylic acids is 1. The Morgan fingerprint density at radius 3 is 2.78 bits per heavy atom. The molecular weight excluding hydrogens is 363 g/mol. The van der Waals surface area contributed by atoms with Gasteiger partial charge in [0.2, 0.25) is 7.37 Å². The molecule has 3 atom stereocenters. The maximum atomic E-state index is 13.4. The molecule has 1 aliphatic heterocycles. The van der Waals surface area contributed by atoms with Gasteiger partial charge in [-0.1, -0.05) is 37.6 Å². The zero-order chi connectivity index (χ0) is 19.4. The zero-order valence-corrected chi connectivity index (χ0v) is 17.0. The van der Waals surface area contributed by atoms with Crippen molar-refractivity contribution in [1.29, 1.82) is 0 Å². The van der Waals surface area contributed by atoms with E-state index in [1.165, 1.54) is 0 Å². The Morgan fingerprint density at radius 1 is 1.33 bits per heavy atom. The molecule has 3 unspecified atom stereocenters. The third kappa shape index (κ3) is 4.17. The van der Waals surface area contributed by atoms with Crippen molar-refractivity contribution in [3.8, 4) is 11.1 Å². The average Bonchev–Trinajstić information content (AvgIpc) is 3.26. The Morgan fingerprint density at radius 2 is 2.11 bits per heavy atom. The highest BCUT2D eigenvalue weighted by Gasteiger charge is 2.47. The van der Waals surface area contributed by atoms with Gasteiger partial charge in [-0.15, -0.1) is 0 Å². The summed E-state index contributed by atoms with van der Waals surface area (Å²) in [6, 6.07) is 7.83. The number of aryl methyl sites for hydroxylation is 1. The second-order valence-electron chi connectivity index (χ2n) is 6.89. The van der Waals surface area contributed by atoms with Crippen LogP contribution in [-0.2, 0) is 25.7 Å². The fourth-order valence-corrected chi connectivity index (χ4v) is 6.30. The quantitative estimate of drug-likeness (QED) is 0.488. The molecule has 0 amide bonds. The molecule has 3 rings (SSSR count). The molecule has 27 heavy (non-hydrogen) atoms. The highest BCUT2D eigenvalue weighted by atomic mass is 31.2. The lowest BCUT2D eigenvalue weighted by Gasteiger charge is -2.21. The summed E-state index contributed by atoms with van der Waals surface area (Å²) in [6.07, 6.45) is 5.79. The van der Waals surface area contributed by atoms with Crippen molar-refractivity contribution < 1.29 is 18.6 Å². The number of rotatable bonds is 8. The Hall–Kier alpha value is -1.91. The molecule has 0 saturated carbocycles. The van der Waals surface area contributed by atoms with Gasteiger partial charge in [-0.05, 0) is 18.9 Å². The molecule has 0 bridgehead atoms. The van der Waals surface area contributed by atoms with Crippen LogP contribution in [0.2, 0.25) is 0 Å². The van der Waals surface area contributed by atoms with E-state index in [9.17, 15) is 9.36 Å². The van der Waals surface area contributed by atoms with Gasteiger partial charge in [-0.3, -0.25) is 14.0 Å². The molecule has 2 aromatic rings. The molecule has 0 spiro atoms.